The van der Waals surface area contributed by atoms with Crippen LogP contribution in [0.3, 0.4) is 0 Å². The number of anilines is 1. The third-order valence-electron chi connectivity index (χ3n) is 5.00. The van der Waals surface area contributed by atoms with Crippen LogP contribution < -0.4 is 16.4 Å². The van der Waals surface area contributed by atoms with Gasteiger partial charge in [-0.15, -0.1) is 0 Å². The van der Waals surface area contributed by atoms with Crippen molar-refractivity contribution >= 4 is 17.7 Å². The second-order valence-corrected chi connectivity index (χ2v) is 6.96. The molecule has 2 fully saturated rings. The highest BCUT2D eigenvalue weighted by molar-refractivity contribution is 6.08. The van der Waals surface area contributed by atoms with Crippen molar-refractivity contribution in [1.29, 1.82) is 5.41 Å². The van der Waals surface area contributed by atoms with Crippen molar-refractivity contribution < 1.29 is 0 Å². The summed E-state index contributed by atoms with van der Waals surface area (Å²) in [6.45, 7) is 0. The summed E-state index contributed by atoms with van der Waals surface area (Å²) in [6, 6.07) is 2.61. The van der Waals surface area contributed by atoms with Gasteiger partial charge in [0.1, 0.15) is 0 Å². The molecular formula is C18H28N6. The molecule has 1 aromatic rings. The fraction of sp³-hybridized carbons (Fsp3) is 0.611. The van der Waals surface area contributed by atoms with Gasteiger partial charge in [-0.3, -0.25) is 0 Å². The maximum absolute atomic E-state index is 7.82. The smallest absolute Gasteiger partial charge is 0.223 e. The Morgan fingerprint density at radius 2 is 2.04 bits per heavy atom. The third-order valence-corrected chi connectivity index (χ3v) is 5.00. The van der Waals surface area contributed by atoms with Crippen LogP contribution in [0.5, 0.6) is 0 Å². The van der Waals surface area contributed by atoms with Gasteiger partial charge >= 0.3 is 0 Å². The molecule has 2 saturated carbocycles. The van der Waals surface area contributed by atoms with Gasteiger partial charge < -0.3 is 21.8 Å². The summed E-state index contributed by atoms with van der Waals surface area (Å²) in [5.41, 5.74) is 8.73. The van der Waals surface area contributed by atoms with E-state index in [0.717, 1.165) is 55.0 Å². The molecule has 0 amide bonds. The molecule has 0 radical (unpaired) electrons. The number of rotatable bonds is 7. The highest BCUT2D eigenvalue weighted by Gasteiger charge is 2.24. The van der Waals surface area contributed by atoms with E-state index in [9.17, 15) is 0 Å². The summed E-state index contributed by atoms with van der Waals surface area (Å²) in [7, 11) is 1.92. The Labute approximate surface area is 143 Å². The van der Waals surface area contributed by atoms with Crippen LogP contribution in [0.25, 0.3) is 5.57 Å². The summed E-state index contributed by atoms with van der Waals surface area (Å²) in [6.07, 6.45) is 11.0. The number of hydrogen-bond donors (Lipinski definition) is 4. The zero-order valence-electron chi connectivity index (χ0n) is 14.4. The minimum absolute atomic E-state index is 0.336. The monoisotopic (exact) mass is 328 g/mol. The Morgan fingerprint density at radius 3 is 2.67 bits per heavy atom. The van der Waals surface area contributed by atoms with Gasteiger partial charge in [-0.2, -0.15) is 0 Å². The zero-order chi connectivity index (χ0) is 16.9. The summed E-state index contributed by atoms with van der Waals surface area (Å²) in [5, 5.41) is 14.5. The SMILES string of the molecule is CN/C(CC1CC1)=C(\C=N)c1ccnc(N[C@H]2CC[C@H](N)CC2)n1. The molecule has 5 N–H and O–H groups in total. The number of aromatic nitrogens is 2. The first-order valence-corrected chi connectivity index (χ1v) is 8.96. The quantitative estimate of drug-likeness (QED) is 0.576. The molecule has 0 aromatic carbocycles. The zero-order valence-corrected chi connectivity index (χ0v) is 14.4. The van der Waals surface area contributed by atoms with E-state index >= 15 is 0 Å². The van der Waals surface area contributed by atoms with E-state index in [1.165, 1.54) is 19.1 Å². The van der Waals surface area contributed by atoms with E-state index < -0.39 is 0 Å². The summed E-state index contributed by atoms with van der Waals surface area (Å²) >= 11 is 0. The molecule has 0 saturated heterocycles. The Hall–Kier alpha value is -1.95. The van der Waals surface area contributed by atoms with Crippen LogP contribution in [0.15, 0.2) is 18.0 Å². The molecule has 2 aliphatic rings. The predicted molar refractivity (Wildman–Crippen MR) is 98.0 cm³/mol. The van der Waals surface area contributed by atoms with Crippen molar-refractivity contribution in [3.05, 3.63) is 23.7 Å². The molecule has 0 unspecified atom stereocenters. The molecule has 6 nitrogen and oxygen atoms in total. The highest BCUT2D eigenvalue weighted by atomic mass is 15.1. The fourth-order valence-electron chi connectivity index (χ4n) is 3.30. The number of nitrogens with two attached hydrogens (primary N) is 1. The van der Waals surface area contributed by atoms with Crippen LogP contribution >= 0.6 is 0 Å². The maximum Gasteiger partial charge on any atom is 0.223 e. The maximum atomic E-state index is 7.82. The first-order chi connectivity index (χ1) is 11.7. The lowest BCUT2D eigenvalue weighted by molar-refractivity contribution is 0.410. The van der Waals surface area contributed by atoms with E-state index in [0.29, 0.717) is 18.0 Å². The lowest BCUT2D eigenvalue weighted by atomic mass is 9.92. The number of nitrogens with zero attached hydrogens (tertiary/aromatic N) is 2. The van der Waals surface area contributed by atoms with Gasteiger partial charge in [0.15, 0.2) is 0 Å². The topological polar surface area (TPSA) is 99.7 Å². The molecule has 0 bridgehead atoms. The van der Waals surface area contributed by atoms with Crippen LogP contribution in [-0.4, -0.2) is 35.3 Å². The van der Waals surface area contributed by atoms with E-state index in [1.54, 1.807) is 6.20 Å². The Kier molecular flexibility index (Phi) is 5.45. The van der Waals surface area contributed by atoms with Crippen molar-refractivity contribution in [3.8, 4) is 0 Å². The minimum atomic E-state index is 0.336. The van der Waals surface area contributed by atoms with Crippen molar-refractivity contribution in [2.75, 3.05) is 12.4 Å². The largest absolute Gasteiger partial charge is 0.391 e. The summed E-state index contributed by atoms with van der Waals surface area (Å²) < 4.78 is 0. The molecule has 2 aliphatic carbocycles. The first kappa shape index (κ1) is 16.9. The second-order valence-electron chi connectivity index (χ2n) is 6.96. The average molecular weight is 328 g/mol. The van der Waals surface area contributed by atoms with E-state index in [4.69, 9.17) is 11.1 Å². The molecule has 0 aliphatic heterocycles. The van der Waals surface area contributed by atoms with E-state index in [-0.39, 0.29) is 0 Å². The second kappa shape index (κ2) is 7.75. The van der Waals surface area contributed by atoms with Crippen molar-refractivity contribution in [1.82, 2.24) is 15.3 Å². The Bertz CT molecular complexity index is 599. The van der Waals surface area contributed by atoms with Crippen LogP contribution in [-0.2, 0) is 0 Å². The standard InChI is InChI=1S/C18H28N6/c1-21-17(10-12-2-3-12)15(11-19)16-8-9-22-18(24-16)23-14-6-4-13(20)5-7-14/h8-9,11-14,19,21H,2-7,10,20H2,1H3,(H,22,23,24)/b17-15+,19-11?/t13-,14-. The first-order valence-electron chi connectivity index (χ1n) is 8.96. The van der Waals surface area contributed by atoms with Gasteiger partial charge in [0.05, 0.1) is 5.69 Å². The Balaban J connectivity index is 1.75. The van der Waals surface area contributed by atoms with Gasteiger partial charge in [0.25, 0.3) is 0 Å². The van der Waals surface area contributed by atoms with Gasteiger partial charge in [0.2, 0.25) is 5.95 Å². The van der Waals surface area contributed by atoms with Crippen LogP contribution in [0.1, 0.15) is 50.6 Å². The summed E-state index contributed by atoms with van der Waals surface area (Å²) in [4.78, 5) is 9.01. The molecule has 3 rings (SSSR count). The molecule has 1 heterocycles. The number of nitrogens with one attached hydrogen (secondary N) is 3. The Morgan fingerprint density at radius 1 is 1.29 bits per heavy atom. The van der Waals surface area contributed by atoms with E-state index in [2.05, 4.69) is 20.6 Å². The van der Waals surface area contributed by atoms with Crippen molar-refractivity contribution in [2.24, 2.45) is 11.7 Å². The van der Waals surface area contributed by atoms with Gasteiger partial charge in [0, 0.05) is 42.8 Å². The number of hydrogen-bond acceptors (Lipinski definition) is 6. The lowest BCUT2D eigenvalue weighted by Gasteiger charge is -2.26. The van der Waals surface area contributed by atoms with Crippen LogP contribution in [0.4, 0.5) is 5.95 Å². The fourth-order valence-corrected chi connectivity index (χ4v) is 3.30. The molecule has 1 aromatic heterocycles. The summed E-state index contributed by atoms with van der Waals surface area (Å²) in [5.74, 6) is 1.41. The van der Waals surface area contributed by atoms with Gasteiger partial charge in [-0.1, -0.05) is 0 Å². The molecule has 0 atom stereocenters. The molecule has 6 heteroatoms. The highest BCUT2D eigenvalue weighted by Crippen LogP contribution is 2.36. The van der Waals surface area contributed by atoms with Gasteiger partial charge in [-0.05, 0) is 56.9 Å². The van der Waals surface area contributed by atoms with Gasteiger partial charge in [-0.25, -0.2) is 9.97 Å². The third kappa shape index (κ3) is 4.32. The molecular weight excluding hydrogens is 300 g/mol. The molecule has 24 heavy (non-hydrogen) atoms. The van der Waals surface area contributed by atoms with Crippen molar-refractivity contribution in [2.45, 2.75) is 57.0 Å². The lowest BCUT2D eigenvalue weighted by Crippen LogP contribution is -2.33. The van der Waals surface area contributed by atoms with Crippen LogP contribution in [0, 0.1) is 11.3 Å². The molecule has 130 valence electrons. The average Bonchev–Trinajstić information content (AvgIpc) is 3.41. The number of allylic oxidation sites excluding steroid dienone is 2. The molecule has 0 spiro atoms. The minimum Gasteiger partial charge on any atom is -0.391 e. The van der Waals surface area contributed by atoms with Crippen molar-refractivity contribution in [3.63, 3.8) is 0 Å². The predicted octanol–water partition coefficient (Wildman–Crippen LogP) is 2.54. The normalized spacial score (nSPS) is 24.9. The van der Waals surface area contributed by atoms with E-state index in [1.807, 2.05) is 13.1 Å². The van der Waals surface area contributed by atoms with Crippen LogP contribution in [0.2, 0.25) is 0 Å².